The number of hydrogen-bond donors (Lipinski definition) is 1. The van der Waals surface area contributed by atoms with E-state index in [0.29, 0.717) is 18.1 Å². The first kappa shape index (κ1) is 13.4. The summed E-state index contributed by atoms with van der Waals surface area (Å²) in [7, 11) is 0. The molecule has 0 bridgehead atoms. The maximum absolute atomic E-state index is 10.7. The molecule has 0 spiro atoms. The molecule has 0 saturated carbocycles. The summed E-state index contributed by atoms with van der Waals surface area (Å²) in [4.78, 5) is 19.9. The highest BCUT2D eigenvalue weighted by molar-refractivity contribution is 7.11. The van der Waals surface area contributed by atoms with E-state index in [1.807, 2.05) is 6.20 Å². The summed E-state index contributed by atoms with van der Waals surface area (Å²) in [6.45, 7) is 4.29. The Balaban J connectivity index is 2.03. The molecule has 0 atom stereocenters. The standard InChI is InChI=1S/C12H14N4O2S/c1-3-9-6-14-12(19-9)7-13-11-5-4-10(16(17)18)8(2)15-11/h4-6H,3,7H2,1-2H3,(H,13,15). The molecule has 6 nitrogen and oxygen atoms in total. The number of anilines is 1. The van der Waals surface area contributed by atoms with Crippen molar-refractivity contribution < 1.29 is 4.92 Å². The zero-order valence-corrected chi connectivity index (χ0v) is 11.5. The minimum absolute atomic E-state index is 0.0352. The number of pyridine rings is 1. The number of hydrogen-bond acceptors (Lipinski definition) is 6. The van der Waals surface area contributed by atoms with Gasteiger partial charge in [0.05, 0.1) is 11.5 Å². The fraction of sp³-hybridized carbons (Fsp3) is 0.333. The summed E-state index contributed by atoms with van der Waals surface area (Å²) in [6, 6.07) is 3.07. The molecule has 0 saturated heterocycles. The average molecular weight is 278 g/mol. The van der Waals surface area contributed by atoms with Crippen molar-refractivity contribution in [2.24, 2.45) is 0 Å². The highest BCUT2D eigenvalue weighted by atomic mass is 32.1. The summed E-state index contributed by atoms with van der Waals surface area (Å²) in [5, 5.41) is 14.8. The number of nitro groups is 1. The quantitative estimate of drug-likeness (QED) is 0.671. The summed E-state index contributed by atoms with van der Waals surface area (Å²) in [6.07, 6.45) is 2.85. The third-order valence-electron chi connectivity index (χ3n) is 2.63. The number of nitrogens with one attached hydrogen (secondary N) is 1. The van der Waals surface area contributed by atoms with Crippen LogP contribution in [-0.4, -0.2) is 14.9 Å². The van der Waals surface area contributed by atoms with Gasteiger partial charge in [-0.25, -0.2) is 9.97 Å². The van der Waals surface area contributed by atoms with Crippen LogP contribution in [0.2, 0.25) is 0 Å². The molecule has 0 aliphatic heterocycles. The van der Waals surface area contributed by atoms with E-state index in [4.69, 9.17) is 0 Å². The SMILES string of the molecule is CCc1cnc(CNc2ccc([N+](=O)[O-])c(C)n2)s1. The van der Waals surface area contributed by atoms with E-state index in [1.54, 1.807) is 24.3 Å². The molecule has 100 valence electrons. The van der Waals surface area contributed by atoms with Gasteiger partial charge in [-0.05, 0) is 19.4 Å². The number of thiazole rings is 1. The molecule has 0 aromatic carbocycles. The number of aryl methyl sites for hydroxylation is 2. The van der Waals surface area contributed by atoms with Gasteiger partial charge in [-0.3, -0.25) is 10.1 Å². The van der Waals surface area contributed by atoms with Crippen LogP contribution in [0.3, 0.4) is 0 Å². The van der Waals surface area contributed by atoms with Crippen LogP contribution >= 0.6 is 11.3 Å². The van der Waals surface area contributed by atoms with Gasteiger partial charge in [0.25, 0.3) is 5.69 Å². The van der Waals surface area contributed by atoms with Crippen LogP contribution < -0.4 is 5.32 Å². The Morgan fingerprint density at radius 1 is 1.47 bits per heavy atom. The molecular formula is C12H14N4O2S. The van der Waals surface area contributed by atoms with Gasteiger partial charge in [0.2, 0.25) is 0 Å². The topological polar surface area (TPSA) is 81.0 Å². The summed E-state index contributed by atoms with van der Waals surface area (Å²) >= 11 is 1.65. The van der Waals surface area contributed by atoms with E-state index in [1.165, 1.54) is 10.9 Å². The van der Waals surface area contributed by atoms with Crippen molar-refractivity contribution in [3.63, 3.8) is 0 Å². The van der Waals surface area contributed by atoms with Crippen LogP contribution in [0.25, 0.3) is 0 Å². The Hall–Kier alpha value is -2.02. The van der Waals surface area contributed by atoms with Gasteiger partial charge >= 0.3 is 0 Å². The normalized spacial score (nSPS) is 10.4. The Bertz CT molecular complexity index is 597. The van der Waals surface area contributed by atoms with E-state index in [2.05, 4.69) is 22.2 Å². The molecule has 2 aromatic rings. The van der Waals surface area contributed by atoms with E-state index >= 15 is 0 Å². The van der Waals surface area contributed by atoms with Crippen LogP contribution in [0.1, 0.15) is 22.5 Å². The van der Waals surface area contributed by atoms with E-state index in [0.717, 1.165) is 11.4 Å². The fourth-order valence-corrected chi connectivity index (χ4v) is 2.41. The van der Waals surface area contributed by atoms with E-state index in [9.17, 15) is 10.1 Å². The molecule has 0 aliphatic carbocycles. The first-order valence-electron chi connectivity index (χ1n) is 5.89. The van der Waals surface area contributed by atoms with Crippen molar-refractivity contribution in [3.8, 4) is 0 Å². The van der Waals surface area contributed by atoms with Crippen LogP contribution in [0.4, 0.5) is 11.5 Å². The summed E-state index contributed by atoms with van der Waals surface area (Å²) in [5.74, 6) is 0.622. The second kappa shape index (κ2) is 5.75. The molecule has 0 aliphatic rings. The van der Waals surface area contributed by atoms with Crippen LogP contribution in [0.5, 0.6) is 0 Å². The van der Waals surface area contributed by atoms with Gasteiger partial charge in [0, 0.05) is 17.1 Å². The predicted octanol–water partition coefficient (Wildman–Crippen LogP) is 2.93. The zero-order valence-electron chi connectivity index (χ0n) is 10.7. The summed E-state index contributed by atoms with van der Waals surface area (Å²) < 4.78 is 0. The third-order valence-corrected chi connectivity index (χ3v) is 3.77. The Labute approximate surface area is 114 Å². The number of aromatic nitrogens is 2. The molecule has 2 rings (SSSR count). The second-order valence-electron chi connectivity index (χ2n) is 3.99. The molecule has 7 heteroatoms. The molecule has 0 amide bonds. The Kier molecular flexibility index (Phi) is 4.06. The van der Waals surface area contributed by atoms with Gasteiger partial charge in [-0.2, -0.15) is 0 Å². The second-order valence-corrected chi connectivity index (χ2v) is 5.19. The molecule has 0 unspecified atom stereocenters. The summed E-state index contributed by atoms with van der Waals surface area (Å²) in [5.41, 5.74) is 0.441. The zero-order chi connectivity index (χ0) is 13.8. The van der Waals surface area contributed by atoms with Crippen molar-refractivity contribution in [1.29, 1.82) is 0 Å². The minimum Gasteiger partial charge on any atom is -0.364 e. The molecule has 2 heterocycles. The van der Waals surface area contributed by atoms with Gasteiger partial charge in [-0.15, -0.1) is 11.3 Å². The minimum atomic E-state index is -0.430. The van der Waals surface area contributed by atoms with Crippen LogP contribution in [0, 0.1) is 17.0 Å². The van der Waals surface area contributed by atoms with Crippen molar-refractivity contribution >= 4 is 22.8 Å². The maximum atomic E-state index is 10.7. The lowest BCUT2D eigenvalue weighted by atomic mass is 10.3. The molecule has 0 fully saturated rings. The van der Waals surface area contributed by atoms with Crippen molar-refractivity contribution in [2.75, 3.05) is 5.32 Å². The highest BCUT2D eigenvalue weighted by Gasteiger charge is 2.11. The first-order chi connectivity index (χ1) is 9.10. The molecular weight excluding hydrogens is 264 g/mol. The molecule has 19 heavy (non-hydrogen) atoms. The Morgan fingerprint density at radius 2 is 2.26 bits per heavy atom. The first-order valence-corrected chi connectivity index (χ1v) is 6.71. The van der Waals surface area contributed by atoms with Crippen molar-refractivity contribution in [3.05, 3.63) is 44.0 Å². The highest BCUT2D eigenvalue weighted by Crippen LogP contribution is 2.19. The lowest BCUT2D eigenvalue weighted by Crippen LogP contribution is -2.03. The largest absolute Gasteiger partial charge is 0.364 e. The molecule has 0 radical (unpaired) electrons. The van der Waals surface area contributed by atoms with Crippen molar-refractivity contribution in [2.45, 2.75) is 26.8 Å². The fourth-order valence-electron chi connectivity index (χ4n) is 1.60. The number of rotatable bonds is 5. The lowest BCUT2D eigenvalue weighted by Gasteiger charge is -2.04. The van der Waals surface area contributed by atoms with Gasteiger partial charge in [0.1, 0.15) is 16.5 Å². The van der Waals surface area contributed by atoms with Gasteiger partial charge < -0.3 is 5.32 Å². The monoisotopic (exact) mass is 278 g/mol. The van der Waals surface area contributed by atoms with Crippen molar-refractivity contribution in [1.82, 2.24) is 9.97 Å². The smallest absolute Gasteiger partial charge is 0.290 e. The maximum Gasteiger partial charge on any atom is 0.290 e. The van der Waals surface area contributed by atoms with E-state index in [-0.39, 0.29) is 5.69 Å². The van der Waals surface area contributed by atoms with Gasteiger partial charge in [0.15, 0.2) is 0 Å². The van der Waals surface area contributed by atoms with Gasteiger partial charge in [-0.1, -0.05) is 6.92 Å². The Morgan fingerprint density at radius 3 is 2.84 bits per heavy atom. The third kappa shape index (κ3) is 3.25. The lowest BCUT2D eigenvalue weighted by molar-refractivity contribution is -0.385. The molecule has 1 N–H and O–H groups in total. The molecule has 2 aromatic heterocycles. The van der Waals surface area contributed by atoms with E-state index < -0.39 is 4.92 Å². The average Bonchev–Trinajstić information content (AvgIpc) is 2.84. The van der Waals surface area contributed by atoms with Crippen LogP contribution in [0.15, 0.2) is 18.3 Å². The number of nitrogens with zero attached hydrogens (tertiary/aromatic N) is 3. The van der Waals surface area contributed by atoms with Crippen LogP contribution in [-0.2, 0) is 13.0 Å². The predicted molar refractivity (Wildman–Crippen MR) is 74.4 cm³/mol.